The van der Waals surface area contributed by atoms with Crippen molar-refractivity contribution in [3.05, 3.63) is 108 Å². The zero-order valence-electron chi connectivity index (χ0n) is 20.8. The van der Waals surface area contributed by atoms with Crippen molar-refractivity contribution in [3.8, 4) is 0 Å². The predicted octanol–water partition coefficient (Wildman–Crippen LogP) is 7.45. The first kappa shape index (κ1) is 26.3. The number of rotatable bonds is 6. The normalized spacial score (nSPS) is 11.8. The van der Waals surface area contributed by atoms with E-state index in [1.807, 2.05) is 127 Å². The van der Waals surface area contributed by atoms with Gasteiger partial charge in [0.2, 0.25) is 0 Å². The molecule has 3 rings (SSSR count). The van der Waals surface area contributed by atoms with Crippen LogP contribution in [0.2, 0.25) is 0 Å². The van der Waals surface area contributed by atoms with Crippen LogP contribution in [-0.4, -0.2) is 11.6 Å². The van der Waals surface area contributed by atoms with Crippen LogP contribution in [0.4, 0.5) is 0 Å². The van der Waals surface area contributed by atoms with Gasteiger partial charge in [-0.3, -0.25) is 0 Å². The average molecular weight is 449 g/mol. The number of benzene rings is 3. The molecule has 4 nitrogen and oxygen atoms in total. The van der Waals surface area contributed by atoms with E-state index < -0.39 is 16.8 Å². The SMILES string of the molecule is CC(C)(C)OC(=O)c1ccccc1.CC(C)(OOC(C)(C)c1ccccc1)c1ccccc1. The molecule has 0 bridgehead atoms. The summed E-state index contributed by atoms with van der Waals surface area (Å²) >= 11 is 0. The Labute approximate surface area is 198 Å². The standard InChI is InChI=1S/C18H22O2.C11H14O2/c1-17(2,15-11-7-5-8-12-15)19-20-18(3,4)16-13-9-6-10-14-16;1-11(2,3)13-10(12)9-7-5-4-6-8-9/h5-14H,1-4H3;4-8H,1-3H3. The van der Waals surface area contributed by atoms with Gasteiger partial charge in [0.1, 0.15) is 16.8 Å². The Morgan fingerprint density at radius 1 is 0.545 bits per heavy atom. The molecule has 0 radical (unpaired) electrons. The maximum atomic E-state index is 11.4. The van der Waals surface area contributed by atoms with Crippen LogP contribution in [0.15, 0.2) is 91.0 Å². The molecule has 0 aliphatic carbocycles. The van der Waals surface area contributed by atoms with Gasteiger partial charge in [-0.2, -0.15) is 0 Å². The largest absolute Gasteiger partial charge is 0.456 e. The lowest BCUT2D eigenvalue weighted by molar-refractivity contribution is -0.410. The fraction of sp³-hybridized carbons (Fsp3) is 0.345. The molecule has 0 atom stereocenters. The van der Waals surface area contributed by atoms with E-state index in [1.165, 1.54) is 0 Å². The van der Waals surface area contributed by atoms with Crippen molar-refractivity contribution >= 4 is 5.97 Å². The first-order valence-corrected chi connectivity index (χ1v) is 11.2. The maximum absolute atomic E-state index is 11.4. The van der Waals surface area contributed by atoms with Crippen LogP contribution >= 0.6 is 0 Å². The monoisotopic (exact) mass is 448 g/mol. The number of hydrogen-bond acceptors (Lipinski definition) is 4. The van der Waals surface area contributed by atoms with Crippen molar-refractivity contribution in [2.24, 2.45) is 0 Å². The Hall–Kier alpha value is -2.95. The molecule has 3 aromatic rings. The molecule has 0 fully saturated rings. The fourth-order valence-electron chi connectivity index (χ4n) is 2.89. The smallest absolute Gasteiger partial charge is 0.338 e. The van der Waals surface area contributed by atoms with Gasteiger partial charge in [0.25, 0.3) is 0 Å². The topological polar surface area (TPSA) is 44.8 Å². The van der Waals surface area contributed by atoms with Gasteiger partial charge >= 0.3 is 5.97 Å². The highest BCUT2D eigenvalue weighted by atomic mass is 17.2. The van der Waals surface area contributed by atoms with E-state index in [0.29, 0.717) is 5.56 Å². The van der Waals surface area contributed by atoms with Crippen LogP contribution < -0.4 is 0 Å². The summed E-state index contributed by atoms with van der Waals surface area (Å²) < 4.78 is 5.18. The Bertz CT molecular complexity index is 921. The third kappa shape index (κ3) is 8.83. The van der Waals surface area contributed by atoms with Crippen molar-refractivity contribution < 1.29 is 19.3 Å². The highest BCUT2D eigenvalue weighted by Gasteiger charge is 2.29. The number of carbonyl (C=O) groups is 1. The Kier molecular flexibility index (Phi) is 8.98. The van der Waals surface area contributed by atoms with Gasteiger partial charge < -0.3 is 4.74 Å². The first-order valence-electron chi connectivity index (χ1n) is 11.2. The van der Waals surface area contributed by atoms with Gasteiger partial charge in [-0.15, -0.1) is 0 Å². The second kappa shape index (κ2) is 11.3. The number of esters is 1. The Balaban J connectivity index is 0.000000257. The van der Waals surface area contributed by atoms with Gasteiger partial charge in [-0.1, -0.05) is 78.9 Å². The highest BCUT2D eigenvalue weighted by molar-refractivity contribution is 5.89. The summed E-state index contributed by atoms with van der Waals surface area (Å²) in [5.41, 5.74) is 1.36. The van der Waals surface area contributed by atoms with Crippen LogP contribution in [0.3, 0.4) is 0 Å². The molecule has 0 spiro atoms. The van der Waals surface area contributed by atoms with Crippen molar-refractivity contribution in [2.75, 3.05) is 0 Å². The maximum Gasteiger partial charge on any atom is 0.338 e. The lowest BCUT2D eigenvalue weighted by atomic mass is 9.98. The zero-order valence-corrected chi connectivity index (χ0v) is 20.8. The average Bonchev–Trinajstić information content (AvgIpc) is 2.79. The third-order valence-electron chi connectivity index (χ3n) is 4.80. The highest BCUT2D eigenvalue weighted by Crippen LogP contribution is 2.31. The predicted molar refractivity (Wildman–Crippen MR) is 133 cm³/mol. The van der Waals surface area contributed by atoms with Crippen LogP contribution in [0.1, 0.15) is 70.0 Å². The molecule has 0 aliphatic heterocycles. The van der Waals surface area contributed by atoms with Crippen LogP contribution in [0.5, 0.6) is 0 Å². The van der Waals surface area contributed by atoms with E-state index in [2.05, 4.69) is 0 Å². The molecule has 3 aromatic carbocycles. The van der Waals surface area contributed by atoms with E-state index in [-0.39, 0.29) is 5.97 Å². The molecule has 0 N–H and O–H groups in total. The van der Waals surface area contributed by atoms with Gasteiger partial charge in [-0.25, -0.2) is 14.6 Å². The van der Waals surface area contributed by atoms with Crippen LogP contribution in [0, 0.1) is 0 Å². The first-order chi connectivity index (χ1) is 15.4. The second-order valence-corrected chi connectivity index (χ2v) is 9.79. The van der Waals surface area contributed by atoms with Crippen LogP contribution in [0.25, 0.3) is 0 Å². The molecule has 0 saturated heterocycles. The van der Waals surface area contributed by atoms with Gasteiger partial charge in [0.05, 0.1) is 5.56 Å². The lowest BCUT2D eigenvalue weighted by Crippen LogP contribution is -2.29. The molecule has 0 saturated carbocycles. The summed E-state index contributed by atoms with van der Waals surface area (Å²) in [5.74, 6) is -0.270. The van der Waals surface area contributed by atoms with E-state index in [0.717, 1.165) is 11.1 Å². The summed E-state index contributed by atoms with van der Waals surface area (Å²) in [6, 6.07) is 29.2. The molecule has 0 heterocycles. The van der Waals surface area contributed by atoms with Gasteiger partial charge in [-0.05, 0) is 71.7 Å². The molecule has 0 amide bonds. The van der Waals surface area contributed by atoms with Crippen LogP contribution in [-0.2, 0) is 25.7 Å². The van der Waals surface area contributed by atoms with Gasteiger partial charge in [0, 0.05) is 0 Å². The summed E-state index contributed by atoms with van der Waals surface area (Å²) in [4.78, 5) is 22.9. The van der Waals surface area contributed by atoms with Crippen molar-refractivity contribution in [3.63, 3.8) is 0 Å². The van der Waals surface area contributed by atoms with E-state index >= 15 is 0 Å². The molecule has 0 aliphatic rings. The molecular formula is C29H36O4. The number of hydrogen-bond donors (Lipinski definition) is 0. The Morgan fingerprint density at radius 2 is 0.879 bits per heavy atom. The molecule has 0 aromatic heterocycles. The zero-order chi connectivity index (χ0) is 24.5. The van der Waals surface area contributed by atoms with E-state index in [9.17, 15) is 4.79 Å². The van der Waals surface area contributed by atoms with E-state index in [4.69, 9.17) is 14.5 Å². The fourth-order valence-corrected chi connectivity index (χ4v) is 2.89. The minimum absolute atomic E-state index is 0.270. The van der Waals surface area contributed by atoms with Crippen molar-refractivity contribution in [1.82, 2.24) is 0 Å². The quantitative estimate of drug-likeness (QED) is 0.223. The molecule has 4 heteroatoms. The summed E-state index contributed by atoms with van der Waals surface area (Å²) in [7, 11) is 0. The summed E-state index contributed by atoms with van der Waals surface area (Å²) in [6.45, 7) is 13.6. The minimum atomic E-state index is -0.493. The molecule has 0 unspecified atom stereocenters. The lowest BCUT2D eigenvalue weighted by Gasteiger charge is -2.31. The molecular weight excluding hydrogens is 412 g/mol. The molecule has 33 heavy (non-hydrogen) atoms. The second-order valence-electron chi connectivity index (χ2n) is 9.79. The molecule has 176 valence electrons. The van der Waals surface area contributed by atoms with Gasteiger partial charge in [0.15, 0.2) is 0 Å². The summed E-state index contributed by atoms with van der Waals surface area (Å²) in [5, 5.41) is 0. The number of carbonyl (C=O) groups excluding carboxylic acids is 1. The van der Waals surface area contributed by atoms with E-state index in [1.54, 1.807) is 12.1 Å². The summed E-state index contributed by atoms with van der Waals surface area (Å²) in [6.07, 6.45) is 0. The third-order valence-corrected chi connectivity index (χ3v) is 4.80. The number of ether oxygens (including phenoxy) is 1. The Morgan fingerprint density at radius 3 is 1.21 bits per heavy atom. The van der Waals surface area contributed by atoms with Crippen molar-refractivity contribution in [1.29, 1.82) is 0 Å². The van der Waals surface area contributed by atoms with Crippen molar-refractivity contribution in [2.45, 2.75) is 65.3 Å². The minimum Gasteiger partial charge on any atom is -0.456 e.